The first kappa shape index (κ1) is 14.3. The molecule has 8 bridgehead atoms. The smallest absolute Gasteiger partial charge is 0.156 e. The average molecular weight is 323 g/mol. The van der Waals surface area contributed by atoms with Crippen molar-refractivity contribution >= 4 is 9.84 Å². The Kier molecular flexibility index (Phi) is 2.57. The zero-order valence-electron chi connectivity index (χ0n) is 14.2. The summed E-state index contributed by atoms with van der Waals surface area (Å²) < 4.78 is 26.1. The average Bonchev–Trinajstić information content (AvgIpc) is 2.41. The van der Waals surface area contributed by atoms with Gasteiger partial charge in [0.05, 0.1) is 10.5 Å². The topological polar surface area (TPSA) is 34.1 Å². The quantitative estimate of drug-likeness (QED) is 0.789. The van der Waals surface area contributed by atoms with E-state index in [1.165, 1.54) is 19.3 Å². The van der Waals surface area contributed by atoms with Gasteiger partial charge in [-0.3, -0.25) is 0 Å². The van der Waals surface area contributed by atoms with Crippen molar-refractivity contribution in [3.05, 3.63) is 0 Å². The molecule has 0 unspecified atom stereocenters. The Bertz CT molecular complexity index is 554. The summed E-state index contributed by atoms with van der Waals surface area (Å²) in [5, 5.41) is 0. The maximum atomic E-state index is 13.2. The Labute approximate surface area is 135 Å². The highest BCUT2D eigenvalue weighted by atomic mass is 32.2. The van der Waals surface area contributed by atoms with Gasteiger partial charge in [-0.05, 0) is 85.4 Å². The number of hydrogen-bond acceptors (Lipinski definition) is 2. The zero-order chi connectivity index (χ0) is 15.5. The molecule has 0 aromatic rings. The van der Waals surface area contributed by atoms with E-state index in [9.17, 15) is 8.42 Å². The predicted octanol–water partition coefficient (Wildman–Crippen LogP) is 3.91. The van der Waals surface area contributed by atoms with Gasteiger partial charge in [-0.2, -0.15) is 0 Å². The van der Waals surface area contributed by atoms with Gasteiger partial charge in [-0.25, -0.2) is 8.42 Å². The first-order valence-electron chi connectivity index (χ1n) is 9.46. The Hall–Kier alpha value is -0.0500. The molecule has 0 aromatic carbocycles. The van der Waals surface area contributed by atoms with Gasteiger partial charge < -0.3 is 0 Å². The molecule has 7 saturated carbocycles. The third kappa shape index (κ3) is 1.55. The minimum Gasteiger partial charge on any atom is -0.228 e. The van der Waals surface area contributed by atoms with E-state index >= 15 is 0 Å². The molecule has 7 rings (SSSR count). The molecule has 7 aliphatic carbocycles. The molecule has 7 fully saturated rings. The lowest BCUT2D eigenvalue weighted by Gasteiger charge is -2.74. The highest BCUT2D eigenvalue weighted by Crippen LogP contribution is 2.75. The van der Waals surface area contributed by atoms with Gasteiger partial charge in [0.25, 0.3) is 0 Å². The lowest BCUT2D eigenvalue weighted by molar-refractivity contribution is -0.222. The van der Waals surface area contributed by atoms with Crippen molar-refractivity contribution in [1.82, 2.24) is 0 Å². The first-order valence-corrected chi connectivity index (χ1v) is 11.1. The van der Waals surface area contributed by atoms with Gasteiger partial charge in [0.15, 0.2) is 9.84 Å². The van der Waals surface area contributed by atoms with E-state index in [1.54, 1.807) is 0 Å². The van der Waals surface area contributed by atoms with Crippen LogP contribution in [0, 0.1) is 46.8 Å². The molecule has 3 heteroatoms. The fourth-order valence-electron chi connectivity index (χ4n) is 8.21. The number of sulfone groups is 1. The molecular weight excluding hydrogens is 292 g/mol. The third-order valence-electron chi connectivity index (χ3n) is 8.52. The van der Waals surface area contributed by atoms with Gasteiger partial charge in [0.2, 0.25) is 0 Å². The highest BCUT2D eigenvalue weighted by molar-refractivity contribution is 7.92. The van der Waals surface area contributed by atoms with Crippen LogP contribution in [0.2, 0.25) is 0 Å². The van der Waals surface area contributed by atoms with Crippen molar-refractivity contribution in [2.75, 3.05) is 5.75 Å². The summed E-state index contributed by atoms with van der Waals surface area (Å²) in [6.07, 6.45) is 7.28. The standard InChI is InChI=1S/C19H30O2S/c1-11(2)10-22(20,21)19-7-15-12-4-18(3)5-13(15)17(9-19)14(6-18)16(12)8-19/h11-17H,4-10H2,1-3H3. The summed E-state index contributed by atoms with van der Waals surface area (Å²) in [6.45, 7) is 6.64. The van der Waals surface area contributed by atoms with Crippen LogP contribution in [-0.2, 0) is 9.84 Å². The van der Waals surface area contributed by atoms with E-state index in [1.807, 2.05) is 0 Å². The zero-order valence-corrected chi connectivity index (χ0v) is 15.0. The molecule has 0 amide bonds. The highest BCUT2D eigenvalue weighted by Gasteiger charge is 2.71. The van der Waals surface area contributed by atoms with Crippen molar-refractivity contribution in [3.8, 4) is 0 Å². The molecule has 7 aliphatic rings. The van der Waals surface area contributed by atoms with Crippen LogP contribution in [-0.4, -0.2) is 18.9 Å². The molecule has 0 atom stereocenters. The molecule has 0 aliphatic heterocycles. The fraction of sp³-hybridized carbons (Fsp3) is 1.00. The predicted molar refractivity (Wildman–Crippen MR) is 88.1 cm³/mol. The van der Waals surface area contributed by atoms with Crippen LogP contribution in [0.15, 0.2) is 0 Å². The molecule has 0 spiro atoms. The van der Waals surface area contributed by atoms with E-state index in [0.717, 1.165) is 54.8 Å². The molecule has 0 saturated heterocycles. The minimum atomic E-state index is -2.93. The van der Waals surface area contributed by atoms with Crippen LogP contribution in [0.1, 0.15) is 59.3 Å². The Morgan fingerprint density at radius 3 is 1.55 bits per heavy atom. The van der Waals surface area contributed by atoms with Crippen molar-refractivity contribution in [2.45, 2.75) is 64.0 Å². The maximum Gasteiger partial charge on any atom is 0.156 e. The van der Waals surface area contributed by atoms with E-state index in [4.69, 9.17) is 0 Å². The van der Waals surface area contributed by atoms with E-state index in [-0.39, 0.29) is 10.7 Å². The SMILES string of the molecule is CC(C)CS(=O)(=O)C12CC3C4CC5(C)CC3C(C1)C(C5)C4C2. The van der Waals surface area contributed by atoms with E-state index in [0.29, 0.717) is 11.2 Å². The summed E-state index contributed by atoms with van der Waals surface area (Å²) >= 11 is 0. The van der Waals surface area contributed by atoms with Gasteiger partial charge in [-0.1, -0.05) is 20.8 Å². The molecular formula is C19H30O2S. The van der Waals surface area contributed by atoms with E-state index in [2.05, 4.69) is 20.8 Å². The Morgan fingerprint density at radius 2 is 1.18 bits per heavy atom. The molecule has 0 heterocycles. The van der Waals surface area contributed by atoms with Gasteiger partial charge in [0.1, 0.15) is 0 Å². The fourth-order valence-corrected chi connectivity index (χ4v) is 10.8. The lowest BCUT2D eigenvalue weighted by atomic mass is 9.33. The summed E-state index contributed by atoms with van der Waals surface area (Å²) in [5.74, 6) is 5.57. The van der Waals surface area contributed by atoms with Crippen molar-refractivity contribution < 1.29 is 8.42 Å². The van der Waals surface area contributed by atoms with Crippen molar-refractivity contribution in [3.63, 3.8) is 0 Å². The summed E-state index contributed by atoms with van der Waals surface area (Å²) in [6, 6.07) is 0. The van der Waals surface area contributed by atoms with Crippen LogP contribution in [0.4, 0.5) is 0 Å². The van der Waals surface area contributed by atoms with E-state index < -0.39 is 9.84 Å². The third-order valence-corrected chi connectivity index (χ3v) is 11.4. The van der Waals surface area contributed by atoms with Crippen molar-refractivity contribution in [2.24, 2.45) is 46.8 Å². The second-order valence-corrected chi connectivity index (χ2v) is 12.8. The van der Waals surface area contributed by atoms with Crippen LogP contribution >= 0.6 is 0 Å². The number of hydrogen-bond donors (Lipinski definition) is 0. The minimum absolute atomic E-state index is 0.268. The van der Waals surface area contributed by atoms with Gasteiger partial charge >= 0.3 is 0 Å². The number of rotatable bonds is 3. The Morgan fingerprint density at radius 1 is 0.818 bits per heavy atom. The Balaban J connectivity index is 1.56. The summed E-state index contributed by atoms with van der Waals surface area (Å²) in [7, 11) is -2.93. The maximum absolute atomic E-state index is 13.2. The second-order valence-electron chi connectivity index (χ2n) is 10.4. The lowest BCUT2D eigenvalue weighted by Crippen LogP contribution is -2.70. The molecule has 0 N–H and O–H groups in total. The van der Waals surface area contributed by atoms with Gasteiger partial charge in [-0.15, -0.1) is 0 Å². The van der Waals surface area contributed by atoms with Crippen molar-refractivity contribution in [1.29, 1.82) is 0 Å². The molecule has 124 valence electrons. The molecule has 22 heavy (non-hydrogen) atoms. The summed E-state index contributed by atoms with van der Waals surface area (Å²) in [4.78, 5) is 0. The largest absolute Gasteiger partial charge is 0.228 e. The van der Waals surface area contributed by atoms with Crippen LogP contribution in [0.25, 0.3) is 0 Å². The normalized spacial score (nSPS) is 58.0. The molecule has 2 nitrogen and oxygen atoms in total. The van der Waals surface area contributed by atoms with Crippen LogP contribution < -0.4 is 0 Å². The first-order chi connectivity index (χ1) is 10.2. The molecule has 0 radical (unpaired) electrons. The monoisotopic (exact) mass is 322 g/mol. The summed E-state index contributed by atoms with van der Waals surface area (Å²) in [5.41, 5.74) is 0.609. The second kappa shape index (κ2) is 3.95. The van der Waals surface area contributed by atoms with Crippen LogP contribution in [0.3, 0.4) is 0 Å². The van der Waals surface area contributed by atoms with Crippen LogP contribution in [0.5, 0.6) is 0 Å². The van der Waals surface area contributed by atoms with Gasteiger partial charge in [0, 0.05) is 0 Å². The molecule has 0 aromatic heterocycles.